The molecule has 0 saturated carbocycles. The van der Waals surface area contributed by atoms with Crippen LogP contribution < -0.4 is 10.2 Å². The van der Waals surface area contributed by atoms with Crippen molar-refractivity contribution in [2.75, 3.05) is 38.1 Å². The minimum atomic E-state index is -3.59. The second kappa shape index (κ2) is 8.77. The molecular weight excluding hydrogens is 398 g/mol. The molecule has 6 nitrogen and oxygen atoms in total. The van der Waals surface area contributed by atoms with Gasteiger partial charge in [-0.1, -0.05) is 23.7 Å². The summed E-state index contributed by atoms with van der Waals surface area (Å²) in [4.78, 5) is 13.7. The lowest BCUT2D eigenvalue weighted by Crippen LogP contribution is -2.48. The fraction of sp³-hybridized carbons (Fsp3) is 0.250. The Morgan fingerprint density at radius 1 is 1.07 bits per heavy atom. The molecule has 0 spiro atoms. The monoisotopic (exact) mass is 419 g/mol. The molecule has 1 heterocycles. The SMILES string of the molecule is CNC(=O)/C=C/c1cccc(S(=O)(=O)N2CCN(c3ccc(Cl)cc3)CC2)c1. The number of hydrogen-bond acceptors (Lipinski definition) is 4. The lowest BCUT2D eigenvalue weighted by atomic mass is 10.2. The predicted molar refractivity (Wildman–Crippen MR) is 112 cm³/mol. The molecule has 1 aliphatic heterocycles. The van der Waals surface area contributed by atoms with Crippen LogP contribution >= 0.6 is 11.6 Å². The van der Waals surface area contributed by atoms with E-state index in [4.69, 9.17) is 11.6 Å². The van der Waals surface area contributed by atoms with E-state index in [2.05, 4.69) is 10.2 Å². The van der Waals surface area contributed by atoms with Crippen molar-refractivity contribution in [1.29, 1.82) is 0 Å². The van der Waals surface area contributed by atoms with Gasteiger partial charge >= 0.3 is 0 Å². The molecule has 2 aromatic rings. The quantitative estimate of drug-likeness (QED) is 0.756. The Balaban J connectivity index is 1.71. The van der Waals surface area contributed by atoms with Crippen LogP contribution in [-0.4, -0.2) is 51.9 Å². The molecule has 0 aromatic heterocycles. The third kappa shape index (κ3) is 4.73. The van der Waals surface area contributed by atoms with Crippen molar-refractivity contribution in [3.8, 4) is 0 Å². The Kier molecular flexibility index (Phi) is 6.39. The van der Waals surface area contributed by atoms with Crippen molar-refractivity contribution in [2.24, 2.45) is 0 Å². The molecule has 0 radical (unpaired) electrons. The largest absolute Gasteiger partial charge is 0.369 e. The summed E-state index contributed by atoms with van der Waals surface area (Å²) < 4.78 is 27.5. The van der Waals surface area contributed by atoms with Crippen molar-refractivity contribution in [1.82, 2.24) is 9.62 Å². The first-order valence-corrected chi connectivity index (χ1v) is 10.7. The van der Waals surface area contributed by atoms with Crippen LogP contribution in [0.3, 0.4) is 0 Å². The van der Waals surface area contributed by atoms with Crippen LogP contribution in [0.1, 0.15) is 5.56 Å². The van der Waals surface area contributed by atoms with Crippen LogP contribution in [0.2, 0.25) is 5.02 Å². The number of amides is 1. The molecule has 0 unspecified atom stereocenters. The lowest BCUT2D eigenvalue weighted by molar-refractivity contribution is -0.115. The molecule has 0 bridgehead atoms. The molecule has 148 valence electrons. The van der Waals surface area contributed by atoms with E-state index in [1.807, 2.05) is 24.3 Å². The Hall–Kier alpha value is -2.35. The molecule has 0 atom stereocenters. The standard InChI is InChI=1S/C20H22ClN3O3S/c1-22-20(25)10-5-16-3-2-4-19(15-16)28(26,27)24-13-11-23(12-14-24)18-8-6-17(21)7-9-18/h2-10,15H,11-14H2,1H3,(H,22,25)/b10-5+. The van der Waals surface area contributed by atoms with Gasteiger partial charge in [-0.2, -0.15) is 4.31 Å². The van der Waals surface area contributed by atoms with Crippen molar-refractivity contribution >= 4 is 39.3 Å². The minimum absolute atomic E-state index is 0.228. The Morgan fingerprint density at radius 3 is 2.39 bits per heavy atom. The number of carbonyl (C=O) groups is 1. The van der Waals surface area contributed by atoms with Crippen LogP contribution in [0, 0.1) is 0 Å². The van der Waals surface area contributed by atoms with E-state index in [-0.39, 0.29) is 10.8 Å². The number of benzene rings is 2. The number of halogens is 1. The first-order valence-electron chi connectivity index (χ1n) is 8.91. The molecule has 1 aliphatic rings. The summed E-state index contributed by atoms with van der Waals surface area (Å²) in [7, 11) is -2.05. The smallest absolute Gasteiger partial charge is 0.243 e. The van der Waals surface area contributed by atoms with Crippen molar-refractivity contribution < 1.29 is 13.2 Å². The van der Waals surface area contributed by atoms with Crippen LogP contribution in [0.15, 0.2) is 59.5 Å². The average molecular weight is 420 g/mol. The van der Waals surface area contributed by atoms with Gasteiger partial charge in [-0.05, 0) is 48.0 Å². The number of nitrogens with zero attached hydrogens (tertiary/aromatic N) is 2. The molecule has 1 N–H and O–H groups in total. The van der Waals surface area contributed by atoms with E-state index >= 15 is 0 Å². The number of hydrogen-bond donors (Lipinski definition) is 1. The van der Waals surface area contributed by atoms with Gasteiger partial charge < -0.3 is 10.2 Å². The second-order valence-corrected chi connectivity index (χ2v) is 8.76. The Bertz CT molecular complexity index is 966. The highest BCUT2D eigenvalue weighted by Gasteiger charge is 2.28. The van der Waals surface area contributed by atoms with Crippen LogP contribution in [0.4, 0.5) is 5.69 Å². The highest BCUT2D eigenvalue weighted by molar-refractivity contribution is 7.89. The highest BCUT2D eigenvalue weighted by atomic mass is 35.5. The summed E-state index contributed by atoms with van der Waals surface area (Å²) in [5.74, 6) is -0.244. The number of piperazine rings is 1. The fourth-order valence-electron chi connectivity index (χ4n) is 3.02. The molecule has 1 saturated heterocycles. The predicted octanol–water partition coefficient (Wildman–Crippen LogP) is 2.61. The molecule has 0 aliphatic carbocycles. The number of anilines is 1. The van der Waals surface area contributed by atoms with E-state index in [1.165, 1.54) is 17.4 Å². The van der Waals surface area contributed by atoms with Gasteiger partial charge in [0.25, 0.3) is 0 Å². The van der Waals surface area contributed by atoms with Gasteiger partial charge in [0.1, 0.15) is 0 Å². The summed E-state index contributed by atoms with van der Waals surface area (Å²) in [6.45, 7) is 2.03. The maximum Gasteiger partial charge on any atom is 0.243 e. The molecule has 1 amide bonds. The summed E-state index contributed by atoms with van der Waals surface area (Å²) in [5, 5.41) is 3.16. The molecule has 2 aromatic carbocycles. The van der Waals surface area contributed by atoms with Crippen LogP contribution in [0.5, 0.6) is 0 Å². The number of sulfonamides is 1. The molecule has 3 rings (SSSR count). The van der Waals surface area contributed by atoms with Crippen LogP contribution in [0.25, 0.3) is 6.08 Å². The Labute approximate surface area is 170 Å². The fourth-order valence-corrected chi connectivity index (χ4v) is 4.63. The number of likely N-dealkylation sites (N-methyl/N-ethyl adjacent to an activating group) is 1. The van der Waals surface area contributed by atoms with Crippen molar-refractivity contribution in [3.05, 3.63) is 65.2 Å². The van der Waals surface area contributed by atoms with E-state index in [9.17, 15) is 13.2 Å². The van der Waals surface area contributed by atoms with Crippen molar-refractivity contribution in [3.63, 3.8) is 0 Å². The number of rotatable bonds is 5. The summed E-state index contributed by atoms with van der Waals surface area (Å²) in [6, 6.07) is 14.1. The van der Waals surface area contributed by atoms with Gasteiger partial charge in [-0.15, -0.1) is 0 Å². The maximum absolute atomic E-state index is 13.0. The van der Waals surface area contributed by atoms with Gasteiger partial charge in [0.2, 0.25) is 15.9 Å². The summed E-state index contributed by atoms with van der Waals surface area (Å²) in [6.07, 6.45) is 2.97. The van der Waals surface area contributed by atoms with E-state index < -0.39 is 10.0 Å². The van der Waals surface area contributed by atoms with Gasteiger partial charge in [0.05, 0.1) is 4.90 Å². The number of nitrogens with one attached hydrogen (secondary N) is 1. The molecule has 28 heavy (non-hydrogen) atoms. The average Bonchev–Trinajstić information content (AvgIpc) is 2.73. The zero-order valence-corrected chi connectivity index (χ0v) is 17.1. The van der Waals surface area contributed by atoms with E-state index in [1.54, 1.807) is 30.3 Å². The zero-order valence-electron chi connectivity index (χ0n) is 15.5. The molecular formula is C20H22ClN3O3S. The second-order valence-electron chi connectivity index (χ2n) is 6.39. The number of carbonyl (C=O) groups excluding carboxylic acids is 1. The molecule has 8 heteroatoms. The highest BCUT2D eigenvalue weighted by Crippen LogP contribution is 2.23. The summed E-state index contributed by atoms with van der Waals surface area (Å²) >= 11 is 5.93. The van der Waals surface area contributed by atoms with Gasteiger partial charge in [0, 0.05) is 50.0 Å². The van der Waals surface area contributed by atoms with E-state index in [0.29, 0.717) is 36.8 Å². The third-order valence-electron chi connectivity index (χ3n) is 4.60. The van der Waals surface area contributed by atoms with Gasteiger partial charge in [-0.25, -0.2) is 8.42 Å². The van der Waals surface area contributed by atoms with Gasteiger partial charge in [0.15, 0.2) is 0 Å². The lowest BCUT2D eigenvalue weighted by Gasteiger charge is -2.35. The Morgan fingerprint density at radius 2 is 1.75 bits per heavy atom. The van der Waals surface area contributed by atoms with E-state index in [0.717, 1.165) is 5.69 Å². The first kappa shape index (κ1) is 20.4. The topological polar surface area (TPSA) is 69.7 Å². The zero-order chi connectivity index (χ0) is 20.1. The van der Waals surface area contributed by atoms with Crippen molar-refractivity contribution in [2.45, 2.75) is 4.90 Å². The summed E-state index contributed by atoms with van der Waals surface area (Å²) in [5.41, 5.74) is 1.69. The van der Waals surface area contributed by atoms with Crippen LogP contribution in [-0.2, 0) is 14.8 Å². The maximum atomic E-state index is 13.0. The first-order chi connectivity index (χ1) is 13.4. The normalized spacial score (nSPS) is 15.7. The van der Waals surface area contributed by atoms with Gasteiger partial charge in [-0.3, -0.25) is 4.79 Å². The molecule has 1 fully saturated rings. The third-order valence-corrected chi connectivity index (χ3v) is 6.75. The minimum Gasteiger partial charge on any atom is -0.369 e.